The molecular formula is C22H26N2O7S. The van der Waals surface area contributed by atoms with Gasteiger partial charge in [0.2, 0.25) is 15.9 Å². The molecule has 2 rings (SSSR count). The standard InChI is InChI=1S/C22H26N2O7S/c1-13-7-8-14(2)19(9-13)24(32(6,28)29)15(3)20(25)23-18-11-16(21(26)30-4)10-17(12-18)22(27)31-5/h7-12,15H,1-6H3,(H,23,25)/t15-/m1/s1. The summed E-state index contributed by atoms with van der Waals surface area (Å²) in [6, 6.07) is 8.10. The zero-order chi connectivity index (χ0) is 24.2. The van der Waals surface area contributed by atoms with Crippen molar-refractivity contribution in [1.82, 2.24) is 0 Å². The highest BCUT2D eigenvalue weighted by Gasteiger charge is 2.30. The Bertz CT molecular complexity index is 1120. The van der Waals surface area contributed by atoms with E-state index in [1.807, 2.05) is 13.0 Å². The molecule has 0 saturated heterocycles. The summed E-state index contributed by atoms with van der Waals surface area (Å²) in [5, 5.41) is 2.58. The number of carbonyl (C=O) groups is 3. The summed E-state index contributed by atoms with van der Waals surface area (Å²) in [6.07, 6.45) is 1.02. The van der Waals surface area contributed by atoms with Crippen LogP contribution in [0.25, 0.3) is 0 Å². The van der Waals surface area contributed by atoms with Crippen LogP contribution in [0.4, 0.5) is 11.4 Å². The van der Waals surface area contributed by atoms with E-state index in [0.29, 0.717) is 11.3 Å². The Balaban J connectivity index is 2.46. The molecule has 0 aliphatic rings. The maximum absolute atomic E-state index is 13.0. The van der Waals surface area contributed by atoms with Crippen molar-refractivity contribution in [2.24, 2.45) is 0 Å². The Labute approximate surface area is 187 Å². The molecule has 0 heterocycles. The average Bonchev–Trinajstić information content (AvgIpc) is 2.73. The van der Waals surface area contributed by atoms with Crippen LogP contribution < -0.4 is 9.62 Å². The Morgan fingerprint density at radius 1 is 0.938 bits per heavy atom. The molecule has 0 saturated carbocycles. The first-order chi connectivity index (χ1) is 14.9. The summed E-state index contributed by atoms with van der Waals surface area (Å²) in [4.78, 5) is 37.0. The molecule has 2 aromatic carbocycles. The van der Waals surface area contributed by atoms with Crippen LogP contribution >= 0.6 is 0 Å². The molecule has 9 nitrogen and oxygen atoms in total. The number of anilines is 2. The summed E-state index contributed by atoms with van der Waals surface area (Å²) in [5.41, 5.74) is 2.05. The van der Waals surface area contributed by atoms with Crippen LogP contribution in [-0.4, -0.2) is 52.8 Å². The number of sulfonamides is 1. The van der Waals surface area contributed by atoms with E-state index >= 15 is 0 Å². The second kappa shape index (κ2) is 9.82. The number of nitrogens with zero attached hydrogens (tertiary/aromatic N) is 1. The lowest BCUT2D eigenvalue weighted by Crippen LogP contribution is -2.45. The Morgan fingerprint density at radius 3 is 1.94 bits per heavy atom. The molecule has 1 atom stereocenters. The van der Waals surface area contributed by atoms with Gasteiger partial charge in [0.1, 0.15) is 6.04 Å². The zero-order valence-corrected chi connectivity index (χ0v) is 19.6. The minimum atomic E-state index is -3.82. The van der Waals surface area contributed by atoms with Gasteiger partial charge < -0.3 is 14.8 Å². The van der Waals surface area contributed by atoms with Crippen LogP contribution in [0.1, 0.15) is 38.8 Å². The lowest BCUT2D eigenvalue weighted by Gasteiger charge is -2.29. The first kappa shape index (κ1) is 24.9. The summed E-state index contributed by atoms with van der Waals surface area (Å²) in [6.45, 7) is 5.02. The van der Waals surface area contributed by atoms with Crippen LogP contribution in [0.2, 0.25) is 0 Å². The molecule has 2 aromatic rings. The fourth-order valence-electron chi connectivity index (χ4n) is 3.16. The van der Waals surface area contributed by atoms with E-state index in [-0.39, 0.29) is 16.8 Å². The lowest BCUT2D eigenvalue weighted by atomic mass is 10.1. The van der Waals surface area contributed by atoms with E-state index < -0.39 is 33.9 Å². The molecule has 32 heavy (non-hydrogen) atoms. The van der Waals surface area contributed by atoms with E-state index in [1.54, 1.807) is 19.1 Å². The minimum absolute atomic E-state index is 0.0212. The van der Waals surface area contributed by atoms with E-state index in [0.717, 1.165) is 16.1 Å². The fraction of sp³-hybridized carbons (Fsp3) is 0.318. The third kappa shape index (κ3) is 5.64. The van der Waals surface area contributed by atoms with E-state index in [9.17, 15) is 22.8 Å². The maximum atomic E-state index is 13.0. The molecule has 0 aromatic heterocycles. The quantitative estimate of drug-likeness (QED) is 0.628. The highest BCUT2D eigenvalue weighted by molar-refractivity contribution is 7.92. The van der Waals surface area contributed by atoms with Gasteiger partial charge in [-0.2, -0.15) is 0 Å². The Morgan fingerprint density at radius 2 is 1.47 bits per heavy atom. The van der Waals surface area contributed by atoms with Gasteiger partial charge in [0.25, 0.3) is 0 Å². The molecule has 0 unspecified atom stereocenters. The van der Waals surface area contributed by atoms with Gasteiger partial charge in [-0.1, -0.05) is 12.1 Å². The molecule has 1 amide bonds. The zero-order valence-electron chi connectivity index (χ0n) is 18.8. The number of methoxy groups -OCH3 is 2. The van der Waals surface area contributed by atoms with Gasteiger partial charge in [-0.25, -0.2) is 18.0 Å². The molecule has 0 fully saturated rings. The van der Waals surface area contributed by atoms with E-state index in [4.69, 9.17) is 0 Å². The van der Waals surface area contributed by atoms with Crippen molar-refractivity contribution >= 4 is 39.2 Å². The molecule has 0 bridgehead atoms. The summed E-state index contributed by atoms with van der Waals surface area (Å²) >= 11 is 0. The number of hydrogen-bond donors (Lipinski definition) is 1. The van der Waals surface area contributed by atoms with Gasteiger partial charge >= 0.3 is 11.9 Å². The van der Waals surface area contributed by atoms with Crippen molar-refractivity contribution in [3.63, 3.8) is 0 Å². The number of carbonyl (C=O) groups excluding carboxylic acids is 3. The highest BCUT2D eigenvalue weighted by atomic mass is 32.2. The smallest absolute Gasteiger partial charge is 0.337 e. The SMILES string of the molecule is COC(=O)c1cc(NC(=O)[C@@H](C)N(c2cc(C)ccc2C)S(C)(=O)=O)cc(C(=O)OC)c1. The normalized spacial score (nSPS) is 11.9. The summed E-state index contributed by atoms with van der Waals surface area (Å²) in [5.74, 6) is -2.09. The molecule has 172 valence electrons. The van der Waals surface area contributed by atoms with Crippen molar-refractivity contribution in [2.45, 2.75) is 26.8 Å². The molecule has 0 aliphatic carbocycles. The van der Waals surface area contributed by atoms with E-state index in [1.165, 1.54) is 39.3 Å². The summed E-state index contributed by atoms with van der Waals surface area (Å²) < 4.78 is 35.6. The molecular weight excluding hydrogens is 436 g/mol. The average molecular weight is 463 g/mol. The van der Waals surface area contributed by atoms with Crippen LogP contribution in [0.15, 0.2) is 36.4 Å². The van der Waals surface area contributed by atoms with Crippen molar-refractivity contribution in [1.29, 1.82) is 0 Å². The number of hydrogen-bond acceptors (Lipinski definition) is 7. The van der Waals surface area contributed by atoms with Crippen molar-refractivity contribution < 1.29 is 32.3 Å². The third-order valence-electron chi connectivity index (χ3n) is 4.73. The van der Waals surface area contributed by atoms with E-state index in [2.05, 4.69) is 14.8 Å². The number of benzene rings is 2. The molecule has 10 heteroatoms. The van der Waals surface area contributed by atoms with Crippen LogP contribution in [0, 0.1) is 13.8 Å². The minimum Gasteiger partial charge on any atom is -0.465 e. The largest absolute Gasteiger partial charge is 0.465 e. The molecule has 0 radical (unpaired) electrons. The number of ether oxygens (including phenoxy) is 2. The number of aryl methyl sites for hydroxylation is 2. The Kier molecular flexibility index (Phi) is 7.63. The second-order valence-corrected chi connectivity index (χ2v) is 9.16. The van der Waals surface area contributed by atoms with Crippen LogP contribution in [0.5, 0.6) is 0 Å². The number of amides is 1. The monoisotopic (exact) mass is 462 g/mol. The summed E-state index contributed by atoms with van der Waals surface area (Å²) in [7, 11) is -1.46. The first-order valence-corrected chi connectivity index (χ1v) is 11.4. The molecule has 1 N–H and O–H groups in total. The predicted molar refractivity (Wildman–Crippen MR) is 120 cm³/mol. The maximum Gasteiger partial charge on any atom is 0.337 e. The number of rotatable bonds is 7. The molecule has 0 spiro atoms. The number of esters is 2. The first-order valence-electron chi connectivity index (χ1n) is 9.58. The van der Waals surface area contributed by atoms with Crippen LogP contribution in [-0.2, 0) is 24.3 Å². The third-order valence-corrected chi connectivity index (χ3v) is 5.96. The second-order valence-electron chi connectivity index (χ2n) is 7.30. The fourth-order valence-corrected chi connectivity index (χ4v) is 4.38. The van der Waals surface area contributed by atoms with Crippen LogP contribution in [0.3, 0.4) is 0 Å². The van der Waals surface area contributed by atoms with Crippen molar-refractivity contribution in [3.05, 3.63) is 58.7 Å². The van der Waals surface area contributed by atoms with Gasteiger partial charge in [0.05, 0.1) is 37.3 Å². The van der Waals surface area contributed by atoms with Gasteiger partial charge in [-0.15, -0.1) is 0 Å². The lowest BCUT2D eigenvalue weighted by molar-refractivity contribution is -0.116. The van der Waals surface area contributed by atoms with Gasteiger partial charge in [0, 0.05) is 5.69 Å². The van der Waals surface area contributed by atoms with Gasteiger partial charge in [0.15, 0.2) is 0 Å². The Hall–Kier alpha value is -3.40. The van der Waals surface area contributed by atoms with Gasteiger partial charge in [-0.3, -0.25) is 9.10 Å². The highest BCUT2D eigenvalue weighted by Crippen LogP contribution is 2.27. The number of nitrogens with one attached hydrogen (secondary N) is 1. The predicted octanol–water partition coefficient (Wildman–Crippen LogP) is 2.67. The van der Waals surface area contributed by atoms with Gasteiger partial charge in [-0.05, 0) is 56.2 Å². The van der Waals surface area contributed by atoms with Crippen molar-refractivity contribution in [3.8, 4) is 0 Å². The molecule has 0 aliphatic heterocycles. The van der Waals surface area contributed by atoms with Crippen molar-refractivity contribution in [2.75, 3.05) is 30.1 Å². The topological polar surface area (TPSA) is 119 Å².